The number of carbonyl (C=O) groups is 4. The number of nitrogens with one attached hydrogen (secondary N) is 2. The summed E-state index contributed by atoms with van der Waals surface area (Å²) < 4.78 is 5.80. The van der Waals surface area contributed by atoms with Crippen LogP contribution in [0.5, 0.6) is 0 Å². The molecule has 3 N–H and O–H groups in total. The number of carboxylic acids is 1. The average Bonchev–Trinajstić information content (AvgIpc) is 3.61. The van der Waals surface area contributed by atoms with Gasteiger partial charge in [-0.2, -0.15) is 0 Å². The van der Waals surface area contributed by atoms with Crippen molar-refractivity contribution in [1.29, 1.82) is 0 Å². The predicted molar refractivity (Wildman–Crippen MR) is 201 cm³/mol. The highest BCUT2D eigenvalue weighted by Gasteiger charge is 2.35. The SMILES string of the molecule is CC[C@H](C)[C@H](N[C@@H](C)c1ccccc1)C(=O)N(C)[C@H](C[C@@H](OC(C)=O)c1nc(C(=O)N[C@@H](CCc2ccccc2)C[C@H](C)C(=O)O)cs1)C(C)C. The molecule has 7 atom stereocenters. The highest BCUT2D eigenvalue weighted by atomic mass is 32.1. The van der Waals surface area contributed by atoms with Gasteiger partial charge in [0.15, 0.2) is 6.10 Å². The van der Waals surface area contributed by atoms with Crippen molar-refractivity contribution < 1.29 is 29.0 Å². The molecule has 0 saturated heterocycles. The van der Waals surface area contributed by atoms with Gasteiger partial charge in [0.05, 0.1) is 12.0 Å². The number of nitrogens with zero attached hydrogens (tertiary/aromatic N) is 2. The smallest absolute Gasteiger partial charge is 0.306 e. The number of aryl methyl sites for hydroxylation is 1. The monoisotopic (exact) mass is 720 g/mol. The normalized spacial score (nSPS) is 15.5. The van der Waals surface area contributed by atoms with E-state index in [9.17, 15) is 24.3 Å². The lowest BCUT2D eigenvalue weighted by atomic mass is 9.92. The van der Waals surface area contributed by atoms with Crippen LogP contribution in [0.15, 0.2) is 66.0 Å². The molecule has 0 fully saturated rings. The number of likely N-dealkylation sites (N-methyl/N-ethyl adjacent to an activating group) is 1. The zero-order valence-electron chi connectivity index (χ0n) is 31.3. The zero-order valence-corrected chi connectivity index (χ0v) is 32.1. The molecular formula is C40H56N4O6S. The second-order valence-corrected chi connectivity index (χ2v) is 14.9. The summed E-state index contributed by atoms with van der Waals surface area (Å²) in [6.07, 6.45) is 1.84. The fourth-order valence-corrected chi connectivity index (χ4v) is 7.10. The summed E-state index contributed by atoms with van der Waals surface area (Å²) in [5.74, 6) is -2.42. The van der Waals surface area contributed by atoms with Crippen LogP contribution in [0.4, 0.5) is 0 Å². The Morgan fingerprint density at radius 2 is 1.57 bits per heavy atom. The number of aromatic nitrogens is 1. The maximum absolute atomic E-state index is 14.2. The Morgan fingerprint density at radius 3 is 2.14 bits per heavy atom. The number of hydrogen-bond acceptors (Lipinski definition) is 8. The molecule has 0 aliphatic carbocycles. The number of benzene rings is 2. The van der Waals surface area contributed by atoms with Gasteiger partial charge in [-0.15, -0.1) is 11.3 Å². The van der Waals surface area contributed by atoms with E-state index in [1.165, 1.54) is 18.3 Å². The first-order chi connectivity index (χ1) is 24.2. The molecular weight excluding hydrogens is 665 g/mol. The molecule has 0 spiro atoms. The summed E-state index contributed by atoms with van der Waals surface area (Å²) in [6.45, 7) is 13.2. The Kier molecular flexibility index (Phi) is 16.3. The largest absolute Gasteiger partial charge is 0.481 e. The van der Waals surface area contributed by atoms with E-state index in [0.29, 0.717) is 24.3 Å². The highest BCUT2D eigenvalue weighted by molar-refractivity contribution is 7.09. The Balaban J connectivity index is 1.80. The molecule has 51 heavy (non-hydrogen) atoms. The molecule has 0 aliphatic heterocycles. The van der Waals surface area contributed by atoms with E-state index in [4.69, 9.17) is 4.74 Å². The number of hydrogen-bond donors (Lipinski definition) is 3. The fourth-order valence-electron chi connectivity index (χ4n) is 6.26. The second kappa shape index (κ2) is 20.1. The maximum atomic E-state index is 14.2. The van der Waals surface area contributed by atoms with Crippen molar-refractivity contribution in [3.05, 3.63) is 87.9 Å². The first-order valence-electron chi connectivity index (χ1n) is 18.0. The first-order valence-corrected chi connectivity index (χ1v) is 18.9. The van der Waals surface area contributed by atoms with Crippen LogP contribution in [0.25, 0.3) is 0 Å². The minimum absolute atomic E-state index is 0.0190. The molecule has 3 rings (SSSR count). The van der Waals surface area contributed by atoms with Gasteiger partial charge >= 0.3 is 11.9 Å². The van der Waals surface area contributed by atoms with Crippen LogP contribution in [0, 0.1) is 17.8 Å². The third-order valence-electron chi connectivity index (χ3n) is 9.64. The van der Waals surface area contributed by atoms with Crippen molar-refractivity contribution in [3.8, 4) is 0 Å². The van der Waals surface area contributed by atoms with Gasteiger partial charge in [-0.05, 0) is 49.1 Å². The molecule has 0 radical (unpaired) electrons. The van der Waals surface area contributed by atoms with Gasteiger partial charge in [0.2, 0.25) is 5.91 Å². The van der Waals surface area contributed by atoms with E-state index in [-0.39, 0.29) is 48.0 Å². The molecule has 0 aliphatic rings. The van der Waals surface area contributed by atoms with Crippen LogP contribution >= 0.6 is 11.3 Å². The van der Waals surface area contributed by atoms with Crippen molar-refractivity contribution in [3.63, 3.8) is 0 Å². The third kappa shape index (κ3) is 12.6. The van der Waals surface area contributed by atoms with Crippen molar-refractivity contribution in [2.75, 3.05) is 7.05 Å². The lowest BCUT2D eigenvalue weighted by molar-refractivity contribution is -0.149. The maximum Gasteiger partial charge on any atom is 0.306 e. The quantitative estimate of drug-likeness (QED) is 0.104. The molecule has 0 saturated carbocycles. The highest BCUT2D eigenvalue weighted by Crippen LogP contribution is 2.31. The standard InChI is InChI=1S/C40H56N4O6S/c1-9-26(4)36(41-28(6)31-18-14-11-15-19-31)39(47)44(8)34(25(2)3)23-35(50-29(7)45)38-43-33(24-51-38)37(46)42-32(22-27(5)40(48)49)21-20-30-16-12-10-13-17-30/h10-19,24-28,32,34-36,41H,9,20-23H2,1-8H3,(H,42,46)(H,48,49)/t26-,27-,28-,32-,34+,35+,36-/m0/s1. The van der Waals surface area contributed by atoms with E-state index >= 15 is 0 Å². The van der Waals surface area contributed by atoms with Gasteiger partial charge in [0, 0.05) is 43.9 Å². The van der Waals surface area contributed by atoms with Gasteiger partial charge in [-0.1, -0.05) is 102 Å². The molecule has 3 aromatic rings. The van der Waals surface area contributed by atoms with Crippen molar-refractivity contribution >= 4 is 35.1 Å². The van der Waals surface area contributed by atoms with Gasteiger partial charge in [0.25, 0.3) is 5.91 Å². The number of amides is 2. The molecule has 1 heterocycles. The Morgan fingerprint density at radius 1 is 0.941 bits per heavy atom. The third-order valence-corrected chi connectivity index (χ3v) is 10.6. The molecule has 1 aromatic heterocycles. The summed E-state index contributed by atoms with van der Waals surface area (Å²) in [7, 11) is 1.80. The van der Waals surface area contributed by atoms with E-state index < -0.39 is 35.9 Å². The molecule has 10 nitrogen and oxygen atoms in total. The van der Waals surface area contributed by atoms with Crippen molar-refractivity contribution in [2.45, 2.75) is 111 Å². The number of carboxylic acid groups (broad SMARTS) is 1. The van der Waals surface area contributed by atoms with E-state index in [1.807, 2.05) is 74.5 Å². The Hall–Kier alpha value is -4.09. The number of carbonyl (C=O) groups excluding carboxylic acids is 3. The van der Waals surface area contributed by atoms with Gasteiger partial charge < -0.3 is 20.1 Å². The topological polar surface area (TPSA) is 138 Å². The summed E-state index contributed by atoms with van der Waals surface area (Å²) in [4.78, 5) is 58.1. The summed E-state index contributed by atoms with van der Waals surface area (Å²) in [6, 6.07) is 18.7. The summed E-state index contributed by atoms with van der Waals surface area (Å²) in [5.41, 5.74) is 2.36. The van der Waals surface area contributed by atoms with Crippen LogP contribution in [0.1, 0.15) is 113 Å². The average molecular weight is 721 g/mol. The fraction of sp³-hybridized carbons (Fsp3) is 0.525. The summed E-state index contributed by atoms with van der Waals surface area (Å²) in [5, 5.41) is 18.2. The molecule has 278 valence electrons. The number of rotatable bonds is 20. The number of ether oxygens (including phenoxy) is 1. The van der Waals surface area contributed by atoms with Gasteiger partial charge in [-0.3, -0.25) is 24.5 Å². The van der Waals surface area contributed by atoms with Crippen LogP contribution in [-0.2, 0) is 25.5 Å². The van der Waals surface area contributed by atoms with Crippen molar-refractivity contribution in [2.24, 2.45) is 17.8 Å². The van der Waals surface area contributed by atoms with E-state index in [0.717, 1.165) is 17.5 Å². The van der Waals surface area contributed by atoms with Crippen LogP contribution in [0.2, 0.25) is 0 Å². The summed E-state index contributed by atoms with van der Waals surface area (Å²) >= 11 is 1.22. The van der Waals surface area contributed by atoms with Crippen LogP contribution in [-0.4, -0.2) is 63.9 Å². The molecule has 0 bridgehead atoms. The number of esters is 1. The number of thiazole rings is 1. The molecule has 2 amide bonds. The molecule has 0 unspecified atom stereocenters. The lowest BCUT2D eigenvalue weighted by Crippen LogP contribution is -2.53. The van der Waals surface area contributed by atoms with E-state index in [2.05, 4.69) is 36.4 Å². The minimum Gasteiger partial charge on any atom is -0.481 e. The van der Waals surface area contributed by atoms with Gasteiger partial charge in [0.1, 0.15) is 10.7 Å². The van der Waals surface area contributed by atoms with E-state index in [1.54, 1.807) is 24.3 Å². The Bertz CT molecular complexity index is 1550. The van der Waals surface area contributed by atoms with Crippen LogP contribution < -0.4 is 10.6 Å². The zero-order chi connectivity index (χ0) is 37.7. The minimum atomic E-state index is -0.922. The van der Waals surface area contributed by atoms with Crippen LogP contribution in [0.3, 0.4) is 0 Å². The van der Waals surface area contributed by atoms with Gasteiger partial charge in [-0.25, -0.2) is 4.98 Å². The number of aliphatic carboxylic acids is 1. The first kappa shape index (κ1) is 41.3. The molecule has 2 aromatic carbocycles. The predicted octanol–water partition coefficient (Wildman–Crippen LogP) is 7.23. The van der Waals surface area contributed by atoms with Crippen molar-refractivity contribution in [1.82, 2.24) is 20.5 Å². The second-order valence-electron chi connectivity index (χ2n) is 14.0. The Labute approximate surface area is 307 Å². The molecule has 11 heteroatoms. The lowest BCUT2D eigenvalue weighted by Gasteiger charge is -2.37.